The average Bonchev–Trinajstić information content (AvgIpc) is 3.45. The van der Waals surface area contributed by atoms with Crippen LogP contribution in [0.4, 0.5) is 0 Å². The van der Waals surface area contributed by atoms with Gasteiger partial charge in [-0.2, -0.15) is 5.10 Å². The Balaban J connectivity index is 1.69. The number of rotatable bonds is 11. The lowest BCUT2D eigenvalue weighted by atomic mass is 10.1. The van der Waals surface area contributed by atoms with Gasteiger partial charge in [0.1, 0.15) is 5.75 Å². The number of hydrogen-bond acceptors (Lipinski definition) is 6. The summed E-state index contributed by atoms with van der Waals surface area (Å²) in [6, 6.07) is 17.3. The zero-order valence-electron chi connectivity index (χ0n) is 19.7. The smallest absolute Gasteiger partial charge is 0.227 e. The van der Waals surface area contributed by atoms with Crippen LogP contribution in [-0.4, -0.2) is 65.4 Å². The summed E-state index contributed by atoms with van der Waals surface area (Å²) in [5, 5.41) is 15.8. The van der Waals surface area contributed by atoms with E-state index in [-0.39, 0.29) is 12.7 Å². The minimum Gasteiger partial charge on any atom is -0.437 e. The lowest BCUT2D eigenvalue weighted by molar-refractivity contribution is 0.0155. The van der Waals surface area contributed by atoms with Gasteiger partial charge in [0.15, 0.2) is 0 Å². The van der Waals surface area contributed by atoms with Crippen molar-refractivity contribution in [3.63, 3.8) is 0 Å². The molecule has 1 N–H and O–H groups in total. The first-order valence-electron chi connectivity index (χ1n) is 11.6. The van der Waals surface area contributed by atoms with Gasteiger partial charge in [0.05, 0.1) is 40.8 Å². The van der Waals surface area contributed by atoms with Crippen LogP contribution in [0.3, 0.4) is 0 Å². The SMILES string of the molecule is COC[C@@H](O)CN(Cc1c(C)nn(-c2ccccc2)c1Oc1ccccc1Cl)C[C@H]1CCCO1. The quantitative estimate of drug-likeness (QED) is 0.427. The van der Waals surface area contributed by atoms with Crippen molar-refractivity contribution >= 4 is 11.6 Å². The number of aromatic nitrogens is 2. The number of methoxy groups -OCH3 is 1. The van der Waals surface area contributed by atoms with Gasteiger partial charge in [0.2, 0.25) is 5.88 Å². The molecule has 1 aliphatic rings. The number of aliphatic hydroxyl groups is 1. The molecule has 3 aromatic rings. The molecule has 2 aromatic carbocycles. The lowest BCUT2D eigenvalue weighted by Gasteiger charge is -2.27. The predicted molar refractivity (Wildman–Crippen MR) is 132 cm³/mol. The summed E-state index contributed by atoms with van der Waals surface area (Å²) in [4.78, 5) is 2.19. The van der Waals surface area contributed by atoms with Crippen molar-refractivity contribution < 1.29 is 19.3 Å². The molecule has 0 unspecified atom stereocenters. The summed E-state index contributed by atoms with van der Waals surface area (Å²) in [6.45, 7) is 4.73. The highest BCUT2D eigenvalue weighted by Crippen LogP contribution is 2.35. The summed E-state index contributed by atoms with van der Waals surface area (Å²) < 4.78 is 19.3. The van der Waals surface area contributed by atoms with E-state index in [0.29, 0.717) is 36.3 Å². The molecular weight excluding hydrogens is 454 g/mol. The van der Waals surface area contributed by atoms with Crippen LogP contribution in [0.25, 0.3) is 5.69 Å². The number of para-hydroxylation sites is 2. The first-order chi connectivity index (χ1) is 16.5. The largest absolute Gasteiger partial charge is 0.437 e. The van der Waals surface area contributed by atoms with Gasteiger partial charge in [0.25, 0.3) is 0 Å². The van der Waals surface area contributed by atoms with E-state index in [9.17, 15) is 5.11 Å². The fourth-order valence-corrected chi connectivity index (χ4v) is 4.42. The van der Waals surface area contributed by atoms with E-state index in [1.54, 1.807) is 13.2 Å². The Morgan fingerprint density at radius 1 is 1.21 bits per heavy atom. The number of halogens is 1. The number of nitrogens with zero attached hydrogens (tertiary/aromatic N) is 3. The highest BCUT2D eigenvalue weighted by atomic mass is 35.5. The molecule has 8 heteroatoms. The van der Waals surface area contributed by atoms with Crippen LogP contribution in [0, 0.1) is 6.92 Å². The Bertz CT molecular complexity index is 1050. The Morgan fingerprint density at radius 3 is 2.68 bits per heavy atom. The molecule has 2 heterocycles. The molecule has 1 fully saturated rings. The van der Waals surface area contributed by atoms with E-state index in [1.807, 2.05) is 60.1 Å². The molecule has 1 saturated heterocycles. The van der Waals surface area contributed by atoms with Gasteiger partial charge in [-0.05, 0) is 44.0 Å². The molecule has 7 nitrogen and oxygen atoms in total. The van der Waals surface area contributed by atoms with Gasteiger partial charge < -0.3 is 19.3 Å². The molecule has 4 rings (SSSR count). The third-order valence-electron chi connectivity index (χ3n) is 5.88. The molecule has 2 atom stereocenters. The topological polar surface area (TPSA) is 69.0 Å². The Morgan fingerprint density at radius 2 is 1.97 bits per heavy atom. The van der Waals surface area contributed by atoms with E-state index >= 15 is 0 Å². The molecule has 34 heavy (non-hydrogen) atoms. The second kappa shape index (κ2) is 11.8. The number of hydrogen-bond donors (Lipinski definition) is 1. The maximum absolute atomic E-state index is 10.5. The summed E-state index contributed by atoms with van der Waals surface area (Å²) in [5.41, 5.74) is 2.68. The third-order valence-corrected chi connectivity index (χ3v) is 6.19. The molecule has 0 radical (unpaired) electrons. The minimum absolute atomic E-state index is 0.146. The highest BCUT2D eigenvalue weighted by molar-refractivity contribution is 6.32. The second-order valence-electron chi connectivity index (χ2n) is 8.59. The van der Waals surface area contributed by atoms with Crippen molar-refractivity contribution in [1.29, 1.82) is 0 Å². The summed E-state index contributed by atoms with van der Waals surface area (Å²) in [7, 11) is 1.59. The fraction of sp³-hybridized carbons (Fsp3) is 0.423. The van der Waals surface area contributed by atoms with Crippen LogP contribution in [0.5, 0.6) is 11.6 Å². The highest BCUT2D eigenvalue weighted by Gasteiger charge is 2.26. The van der Waals surface area contributed by atoms with E-state index in [4.69, 9.17) is 30.9 Å². The summed E-state index contributed by atoms with van der Waals surface area (Å²) >= 11 is 6.43. The van der Waals surface area contributed by atoms with Crippen molar-refractivity contribution in [3.05, 3.63) is 70.9 Å². The van der Waals surface area contributed by atoms with Crippen LogP contribution in [0.15, 0.2) is 54.6 Å². The summed E-state index contributed by atoms with van der Waals surface area (Å²) in [6.07, 6.45) is 1.61. The van der Waals surface area contributed by atoms with Gasteiger partial charge in [0, 0.05) is 33.4 Å². The Labute approximate surface area is 205 Å². The predicted octanol–water partition coefficient (Wildman–Crippen LogP) is 4.61. The van der Waals surface area contributed by atoms with Crippen molar-refractivity contribution in [2.75, 3.05) is 33.4 Å². The molecule has 1 aliphatic heterocycles. The Hall–Kier alpha value is -2.42. The Kier molecular flexibility index (Phi) is 8.59. The van der Waals surface area contributed by atoms with Gasteiger partial charge >= 0.3 is 0 Å². The lowest BCUT2D eigenvalue weighted by Crippen LogP contribution is -2.39. The number of ether oxygens (including phenoxy) is 3. The van der Waals surface area contributed by atoms with Crippen LogP contribution in [0.1, 0.15) is 24.1 Å². The monoisotopic (exact) mass is 485 g/mol. The maximum atomic E-state index is 10.5. The zero-order chi connectivity index (χ0) is 23.9. The van der Waals surface area contributed by atoms with E-state index in [0.717, 1.165) is 36.4 Å². The van der Waals surface area contributed by atoms with Gasteiger partial charge in [-0.25, -0.2) is 4.68 Å². The van der Waals surface area contributed by atoms with Crippen molar-refractivity contribution in [3.8, 4) is 17.3 Å². The van der Waals surface area contributed by atoms with Crippen LogP contribution in [-0.2, 0) is 16.0 Å². The normalized spacial score (nSPS) is 16.8. The van der Waals surface area contributed by atoms with Crippen LogP contribution in [0.2, 0.25) is 5.02 Å². The van der Waals surface area contributed by atoms with Crippen LogP contribution < -0.4 is 4.74 Å². The van der Waals surface area contributed by atoms with Crippen molar-refractivity contribution in [1.82, 2.24) is 14.7 Å². The number of benzene rings is 2. The molecule has 0 saturated carbocycles. The van der Waals surface area contributed by atoms with Gasteiger partial charge in [-0.3, -0.25) is 4.90 Å². The second-order valence-corrected chi connectivity index (χ2v) is 8.99. The molecule has 0 spiro atoms. The van der Waals surface area contributed by atoms with Crippen molar-refractivity contribution in [2.24, 2.45) is 0 Å². The number of aryl methyl sites for hydroxylation is 1. The minimum atomic E-state index is -0.608. The third kappa shape index (κ3) is 6.17. The van der Waals surface area contributed by atoms with Gasteiger partial charge in [-0.1, -0.05) is 41.9 Å². The average molecular weight is 486 g/mol. The molecule has 0 aliphatic carbocycles. The molecule has 182 valence electrons. The zero-order valence-corrected chi connectivity index (χ0v) is 20.4. The molecule has 0 amide bonds. The molecule has 0 bridgehead atoms. The van der Waals surface area contributed by atoms with Crippen LogP contribution >= 0.6 is 11.6 Å². The maximum Gasteiger partial charge on any atom is 0.227 e. The van der Waals surface area contributed by atoms with Gasteiger partial charge in [-0.15, -0.1) is 0 Å². The van der Waals surface area contributed by atoms with E-state index < -0.39 is 6.10 Å². The molecule has 1 aromatic heterocycles. The van der Waals surface area contributed by atoms with Crippen molar-refractivity contribution in [2.45, 2.75) is 38.5 Å². The van der Waals surface area contributed by atoms with E-state index in [1.165, 1.54) is 0 Å². The summed E-state index contributed by atoms with van der Waals surface area (Å²) in [5.74, 6) is 1.17. The molecular formula is C26H32ClN3O4. The van der Waals surface area contributed by atoms with E-state index in [2.05, 4.69) is 4.90 Å². The standard InChI is InChI=1S/C26H32ClN3O4/c1-19-23(17-29(15-21(31)18-32-2)16-22-11-8-14-33-22)26(34-25-13-7-6-12-24(25)27)30(28-19)20-9-4-3-5-10-20/h3-7,9-10,12-13,21-22,31H,8,11,14-18H2,1-2H3/t21-,22+/m0/s1. The first-order valence-corrected chi connectivity index (χ1v) is 12.0. The fourth-order valence-electron chi connectivity index (χ4n) is 4.25. The number of aliphatic hydroxyl groups excluding tert-OH is 1. The first kappa shape index (κ1) is 24.7.